The van der Waals surface area contributed by atoms with Gasteiger partial charge in [0.15, 0.2) is 0 Å². The average molecular weight is 430 g/mol. The summed E-state index contributed by atoms with van der Waals surface area (Å²) in [6.07, 6.45) is 13.8. The number of rotatable bonds is 6. The van der Waals surface area contributed by atoms with E-state index in [1.807, 2.05) is 47.7 Å². The van der Waals surface area contributed by atoms with Crippen molar-refractivity contribution in [3.63, 3.8) is 0 Å². The third-order valence-electron chi connectivity index (χ3n) is 6.75. The van der Waals surface area contributed by atoms with Crippen LogP contribution in [0.25, 0.3) is 16.8 Å². The highest BCUT2D eigenvalue weighted by atomic mass is 16.5. The smallest absolute Gasteiger partial charge is 0.251 e. The van der Waals surface area contributed by atoms with Crippen molar-refractivity contribution in [2.24, 2.45) is 0 Å². The van der Waals surface area contributed by atoms with Crippen LogP contribution < -0.4 is 10.6 Å². The van der Waals surface area contributed by atoms with Gasteiger partial charge in [-0.15, -0.1) is 0 Å². The maximum absolute atomic E-state index is 12.5. The van der Waals surface area contributed by atoms with Gasteiger partial charge in [-0.2, -0.15) is 5.10 Å². The van der Waals surface area contributed by atoms with Crippen LogP contribution in [-0.2, 0) is 4.74 Å². The van der Waals surface area contributed by atoms with E-state index >= 15 is 0 Å². The number of hydrogen-bond acceptors (Lipinski definition) is 5. The predicted molar refractivity (Wildman–Crippen MR) is 122 cm³/mol. The van der Waals surface area contributed by atoms with Gasteiger partial charge in [0, 0.05) is 23.4 Å². The van der Waals surface area contributed by atoms with Crippen molar-refractivity contribution in [2.75, 3.05) is 5.32 Å². The second-order valence-corrected chi connectivity index (χ2v) is 9.24. The van der Waals surface area contributed by atoms with E-state index in [4.69, 9.17) is 4.74 Å². The molecule has 2 saturated heterocycles. The molecule has 1 aliphatic carbocycles. The fourth-order valence-corrected chi connectivity index (χ4v) is 4.81. The third-order valence-corrected chi connectivity index (χ3v) is 6.75. The first kappa shape index (κ1) is 19.5. The Labute approximate surface area is 187 Å². The maximum Gasteiger partial charge on any atom is 0.251 e. The normalized spacial score (nSPS) is 24.0. The second-order valence-electron chi connectivity index (χ2n) is 9.24. The molecule has 3 atom stereocenters. The van der Waals surface area contributed by atoms with Crippen LogP contribution in [0.2, 0.25) is 0 Å². The molecule has 6 rings (SSSR count). The zero-order valence-electron chi connectivity index (χ0n) is 18.1. The van der Waals surface area contributed by atoms with Crippen LogP contribution in [-0.4, -0.2) is 45.0 Å². The van der Waals surface area contributed by atoms with Crippen molar-refractivity contribution in [3.8, 4) is 16.8 Å². The SMILES string of the molecule is Cc1ccc(C(=O)NC2CC2)cc1-c1cnn(-c2cncc(NC3CC4CCC3O4)c2)c1. The number of ether oxygens (including phenoxy) is 1. The summed E-state index contributed by atoms with van der Waals surface area (Å²) >= 11 is 0. The predicted octanol–water partition coefficient (Wildman–Crippen LogP) is 3.87. The Kier molecular flexibility index (Phi) is 4.72. The highest BCUT2D eigenvalue weighted by molar-refractivity contribution is 5.96. The molecule has 1 aromatic carbocycles. The number of anilines is 1. The first-order valence-corrected chi connectivity index (χ1v) is 11.5. The van der Waals surface area contributed by atoms with Gasteiger partial charge in [-0.1, -0.05) is 6.07 Å². The quantitative estimate of drug-likeness (QED) is 0.622. The topological polar surface area (TPSA) is 81.1 Å². The summed E-state index contributed by atoms with van der Waals surface area (Å²) in [7, 11) is 0. The molecule has 2 N–H and O–H groups in total. The Morgan fingerprint density at radius 2 is 2.03 bits per heavy atom. The van der Waals surface area contributed by atoms with E-state index in [9.17, 15) is 4.79 Å². The van der Waals surface area contributed by atoms with Crippen LogP contribution in [0.5, 0.6) is 0 Å². The average Bonchev–Trinajstić information content (AvgIpc) is 3.18. The van der Waals surface area contributed by atoms with Gasteiger partial charge in [-0.25, -0.2) is 4.68 Å². The summed E-state index contributed by atoms with van der Waals surface area (Å²) in [5.74, 6) is -0.00582. The van der Waals surface area contributed by atoms with Gasteiger partial charge in [0.1, 0.15) is 0 Å². The standard InChI is InChI=1S/C25H27N5O2/c1-15-2-3-16(25(31)29-18-4-5-18)8-22(15)17-11-27-30(14-17)20-9-19(12-26-13-20)28-23-10-21-6-7-24(23)32-21/h2-3,8-9,11-14,18,21,23-24,28H,4-7,10H2,1H3,(H,29,31). The van der Waals surface area contributed by atoms with Crippen molar-refractivity contribution in [1.29, 1.82) is 0 Å². The maximum atomic E-state index is 12.5. The van der Waals surface area contributed by atoms with Gasteiger partial charge in [0.2, 0.25) is 0 Å². The summed E-state index contributed by atoms with van der Waals surface area (Å²) < 4.78 is 7.79. The molecule has 3 aliphatic rings. The Bertz CT molecular complexity index is 1170. The van der Waals surface area contributed by atoms with Gasteiger partial charge in [0.05, 0.1) is 48.2 Å². The van der Waals surface area contributed by atoms with Crippen LogP contribution in [0.1, 0.15) is 48.0 Å². The van der Waals surface area contributed by atoms with Gasteiger partial charge >= 0.3 is 0 Å². The molecule has 0 radical (unpaired) electrons. The number of hydrogen-bond donors (Lipinski definition) is 2. The summed E-state index contributed by atoms with van der Waals surface area (Å²) in [4.78, 5) is 16.9. The Hall–Kier alpha value is -3.19. The largest absolute Gasteiger partial charge is 0.378 e. The minimum absolute atomic E-state index is 0.00582. The van der Waals surface area contributed by atoms with Crippen LogP contribution in [0.3, 0.4) is 0 Å². The van der Waals surface area contributed by atoms with E-state index < -0.39 is 0 Å². The fraction of sp³-hybridized carbons (Fsp3) is 0.400. The van der Waals surface area contributed by atoms with Crippen molar-refractivity contribution in [3.05, 3.63) is 60.2 Å². The summed E-state index contributed by atoms with van der Waals surface area (Å²) in [5.41, 5.74) is 5.66. The number of carbonyl (C=O) groups excluding carboxylic acids is 1. The Balaban J connectivity index is 1.22. The number of amides is 1. The van der Waals surface area contributed by atoms with Crippen LogP contribution in [0.15, 0.2) is 49.1 Å². The minimum Gasteiger partial charge on any atom is -0.378 e. The lowest BCUT2D eigenvalue weighted by molar-refractivity contribution is 0.0951. The number of aromatic nitrogens is 3. The lowest BCUT2D eigenvalue weighted by atomic mass is 9.95. The number of fused-ring (bicyclic) bond motifs is 2. The van der Waals surface area contributed by atoms with Gasteiger partial charge in [0.25, 0.3) is 5.91 Å². The molecule has 7 nitrogen and oxygen atoms in total. The fourth-order valence-electron chi connectivity index (χ4n) is 4.81. The van der Waals surface area contributed by atoms with Gasteiger partial charge < -0.3 is 15.4 Å². The monoisotopic (exact) mass is 429 g/mol. The highest BCUT2D eigenvalue weighted by Gasteiger charge is 2.40. The molecule has 32 heavy (non-hydrogen) atoms. The van der Waals surface area contributed by atoms with E-state index in [2.05, 4.69) is 33.7 Å². The molecule has 7 heteroatoms. The Morgan fingerprint density at radius 1 is 1.12 bits per heavy atom. The molecule has 2 aromatic heterocycles. The van der Waals surface area contributed by atoms with E-state index in [1.54, 1.807) is 0 Å². The number of benzene rings is 1. The lowest BCUT2D eigenvalue weighted by Crippen LogP contribution is -2.30. The van der Waals surface area contributed by atoms with Crippen molar-refractivity contribution in [2.45, 2.75) is 63.3 Å². The van der Waals surface area contributed by atoms with E-state index in [0.29, 0.717) is 29.9 Å². The molecule has 4 heterocycles. The minimum atomic E-state index is -0.00582. The number of aryl methyl sites for hydroxylation is 1. The van der Waals surface area contributed by atoms with Crippen molar-refractivity contribution >= 4 is 11.6 Å². The Morgan fingerprint density at radius 3 is 2.81 bits per heavy atom. The lowest BCUT2D eigenvalue weighted by Gasteiger charge is -2.21. The molecule has 1 saturated carbocycles. The molecule has 1 amide bonds. The van der Waals surface area contributed by atoms with E-state index in [-0.39, 0.29) is 5.91 Å². The number of nitrogens with zero attached hydrogens (tertiary/aromatic N) is 3. The summed E-state index contributed by atoms with van der Waals surface area (Å²) in [5, 5.41) is 11.2. The number of nitrogens with one attached hydrogen (secondary N) is 2. The third kappa shape index (κ3) is 3.77. The molecule has 3 unspecified atom stereocenters. The van der Waals surface area contributed by atoms with Crippen molar-refractivity contribution in [1.82, 2.24) is 20.1 Å². The van der Waals surface area contributed by atoms with Gasteiger partial charge in [-0.3, -0.25) is 9.78 Å². The van der Waals surface area contributed by atoms with Crippen LogP contribution in [0.4, 0.5) is 5.69 Å². The molecular weight excluding hydrogens is 402 g/mol. The van der Waals surface area contributed by atoms with E-state index in [1.165, 1.54) is 6.42 Å². The van der Waals surface area contributed by atoms with Crippen LogP contribution in [0, 0.1) is 6.92 Å². The first-order chi connectivity index (χ1) is 15.6. The molecule has 2 aliphatic heterocycles. The number of carbonyl (C=O) groups is 1. The molecule has 0 spiro atoms. The molecule has 2 bridgehead atoms. The summed E-state index contributed by atoms with van der Waals surface area (Å²) in [6, 6.07) is 8.61. The zero-order chi connectivity index (χ0) is 21.7. The highest BCUT2D eigenvalue weighted by Crippen LogP contribution is 2.36. The zero-order valence-corrected chi connectivity index (χ0v) is 18.1. The van der Waals surface area contributed by atoms with E-state index in [0.717, 1.165) is 53.7 Å². The number of pyridine rings is 1. The molecule has 3 fully saturated rings. The van der Waals surface area contributed by atoms with Crippen LogP contribution >= 0.6 is 0 Å². The van der Waals surface area contributed by atoms with Gasteiger partial charge in [-0.05, 0) is 68.4 Å². The molecule has 164 valence electrons. The summed E-state index contributed by atoms with van der Waals surface area (Å²) in [6.45, 7) is 2.05. The van der Waals surface area contributed by atoms with Crippen molar-refractivity contribution < 1.29 is 9.53 Å². The first-order valence-electron chi connectivity index (χ1n) is 11.5. The molecule has 3 aromatic rings. The molecular formula is C25H27N5O2. The second kappa shape index (κ2) is 7.74.